The van der Waals surface area contributed by atoms with Crippen molar-refractivity contribution in [3.63, 3.8) is 0 Å². The molecule has 0 saturated carbocycles. The van der Waals surface area contributed by atoms with Gasteiger partial charge < -0.3 is 15.2 Å². The number of hydrogen-bond acceptors (Lipinski definition) is 4. The highest BCUT2D eigenvalue weighted by Gasteiger charge is 2.02. The molecule has 0 radical (unpaired) electrons. The summed E-state index contributed by atoms with van der Waals surface area (Å²) in [5.74, 6) is 1.28. The van der Waals surface area contributed by atoms with Gasteiger partial charge in [-0.05, 0) is 42.7 Å². The van der Waals surface area contributed by atoms with Gasteiger partial charge in [0.2, 0.25) is 0 Å². The molecule has 0 bridgehead atoms. The van der Waals surface area contributed by atoms with Crippen molar-refractivity contribution in [2.75, 3.05) is 19.5 Å². The molecule has 0 saturated heterocycles. The van der Waals surface area contributed by atoms with Gasteiger partial charge in [0.05, 0.1) is 25.3 Å². The Morgan fingerprint density at radius 3 is 2.48 bits per heavy atom. The third-order valence-electron chi connectivity index (χ3n) is 3.10. The van der Waals surface area contributed by atoms with Crippen molar-refractivity contribution < 1.29 is 9.47 Å². The molecular weight excluding hydrogens is 264 g/mol. The molecule has 0 aliphatic heterocycles. The molecule has 0 atom stereocenters. The molecule has 2 aromatic carbocycles. The molecule has 108 valence electrons. The highest BCUT2D eigenvalue weighted by Crippen LogP contribution is 2.22. The number of hydrogen-bond donors (Lipinski definition) is 1. The predicted octanol–water partition coefficient (Wildman–Crippen LogP) is 3.16. The molecular formula is C17H18N2O2. The number of benzene rings is 2. The van der Waals surface area contributed by atoms with Crippen molar-refractivity contribution in [2.45, 2.75) is 12.8 Å². The minimum absolute atomic E-state index is 0.530. The van der Waals surface area contributed by atoms with Crippen LogP contribution in [-0.2, 0) is 6.42 Å². The number of nitrogens with two attached hydrogens (primary N) is 1. The van der Waals surface area contributed by atoms with E-state index in [1.165, 1.54) is 5.56 Å². The maximum absolute atomic E-state index is 8.95. The van der Waals surface area contributed by atoms with Crippen molar-refractivity contribution in [3.8, 4) is 17.6 Å². The van der Waals surface area contributed by atoms with E-state index < -0.39 is 0 Å². The van der Waals surface area contributed by atoms with E-state index in [-0.39, 0.29) is 0 Å². The SMILES string of the molecule is COc1cc(C#N)cc(OCCCc2ccc(N)cc2)c1. The van der Waals surface area contributed by atoms with Crippen LogP contribution in [0.1, 0.15) is 17.5 Å². The summed E-state index contributed by atoms with van der Waals surface area (Å²) < 4.78 is 10.8. The number of anilines is 1. The molecule has 4 nitrogen and oxygen atoms in total. The van der Waals surface area contributed by atoms with E-state index in [4.69, 9.17) is 20.5 Å². The van der Waals surface area contributed by atoms with Gasteiger partial charge in [-0.3, -0.25) is 0 Å². The van der Waals surface area contributed by atoms with E-state index in [1.54, 1.807) is 25.3 Å². The van der Waals surface area contributed by atoms with Gasteiger partial charge in [0, 0.05) is 11.8 Å². The van der Waals surface area contributed by atoms with Gasteiger partial charge in [-0.15, -0.1) is 0 Å². The van der Waals surface area contributed by atoms with Crippen LogP contribution in [0.3, 0.4) is 0 Å². The number of ether oxygens (including phenoxy) is 2. The number of nitrogen functional groups attached to an aromatic ring is 1. The van der Waals surface area contributed by atoms with E-state index >= 15 is 0 Å². The molecule has 0 aromatic heterocycles. The molecule has 4 heteroatoms. The van der Waals surface area contributed by atoms with Crippen molar-refractivity contribution >= 4 is 5.69 Å². The highest BCUT2D eigenvalue weighted by molar-refractivity contribution is 5.43. The second-order valence-corrected chi connectivity index (χ2v) is 4.70. The Balaban J connectivity index is 1.86. The van der Waals surface area contributed by atoms with E-state index in [0.29, 0.717) is 23.7 Å². The Morgan fingerprint density at radius 1 is 1.10 bits per heavy atom. The minimum Gasteiger partial charge on any atom is -0.497 e. The summed E-state index contributed by atoms with van der Waals surface area (Å²) in [6.45, 7) is 0.586. The van der Waals surface area contributed by atoms with Crippen LogP contribution in [0, 0.1) is 11.3 Å². The monoisotopic (exact) mass is 282 g/mol. The number of nitrogens with zero attached hydrogens (tertiary/aromatic N) is 1. The summed E-state index contributed by atoms with van der Waals surface area (Å²) >= 11 is 0. The molecule has 0 unspecified atom stereocenters. The van der Waals surface area contributed by atoms with Crippen LogP contribution in [0.5, 0.6) is 11.5 Å². The topological polar surface area (TPSA) is 68.3 Å². The van der Waals surface area contributed by atoms with E-state index in [9.17, 15) is 0 Å². The fourth-order valence-electron chi connectivity index (χ4n) is 1.99. The van der Waals surface area contributed by atoms with Gasteiger partial charge in [0.1, 0.15) is 11.5 Å². The van der Waals surface area contributed by atoms with Gasteiger partial charge in [-0.25, -0.2) is 0 Å². The van der Waals surface area contributed by atoms with Crippen LogP contribution in [0.25, 0.3) is 0 Å². The zero-order chi connectivity index (χ0) is 15.1. The first-order valence-electron chi connectivity index (χ1n) is 6.77. The maximum Gasteiger partial charge on any atom is 0.124 e. The van der Waals surface area contributed by atoms with Crippen molar-refractivity contribution in [1.82, 2.24) is 0 Å². The van der Waals surface area contributed by atoms with Crippen LogP contribution in [0.2, 0.25) is 0 Å². The van der Waals surface area contributed by atoms with E-state index in [1.807, 2.05) is 24.3 Å². The summed E-state index contributed by atoms with van der Waals surface area (Å²) in [6.07, 6.45) is 1.82. The number of aryl methyl sites for hydroxylation is 1. The molecule has 21 heavy (non-hydrogen) atoms. The quantitative estimate of drug-likeness (QED) is 0.652. The molecule has 2 aromatic rings. The summed E-state index contributed by atoms with van der Waals surface area (Å²) in [5, 5.41) is 8.95. The standard InChI is InChI=1S/C17H18N2O2/c1-20-16-9-14(12-18)10-17(11-16)21-8-2-3-13-4-6-15(19)7-5-13/h4-7,9-11H,2-3,8,19H2,1H3. The molecule has 0 fully saturated rings. The van der Waals surface area contributed by atoms with Crippen LogP contribution in [0.4, 0.5) is 5.69 Å². The average Bonchev–Trinajstić information content (AvgIpc) is 2.53. The normalized spacial score (nSPS) is 9.90. The van der Waals surface area contributed by atoms with Crippen LogP contribution < -0.4 is 15.2 Å². The maximum atomic E-state index is 8.95. The van der Waals surface area contributed by atoms with Gasteiger partial charge in [-0.1, -0.05) is 12.1 Å². The predicted molar refractivity (Wildman–Crippen MR) is 82.4 cm³/mol. The Hall–Kier alpha value is -2.67. The minimum atomic E-state index is 0.530. The fourth-order valence-corrected chi connectivity index (χ4v) is 1.99. The zero-order valence-corrected chi connectivity index (χ0v) is 12.0. The molecule has 0 aliphatic carbocycles. The first kappa shape index (κ1) is 14.7. The van der Waals surface area contributed by atoms with Gasteiger partial charge >= 0.3 is 0 Å². The van der Waals surface area contributed by atoms with E-state index in [0.717, 1.165) is 18.5 Å². The summed E-state index contributed by atoms with van der Waals surface area (Å²) in [7, 11) is 1.57. The summed E-state index contributed by atoms with van der Waals surface area (Å²) in [6, 6.07) is 15.1. The molecule has 0 heterocycles. The first-order chi connectivity index (χ1) is 10.2. The molecule has 2 N–H and O–H groups in total. The molecule has 0 amide bonds. The van der Waals surface area contributed by atoms with Gasteiger partial charge in [0.15, 0.2) is 0 Å². The molecule has 0 spiro atoms. The lowest BCUT2D eigenvalue weighted by Crippen LogP contribution is -2.00. The van der Waals surface area contributed by atoms with Crippen molar-refractivity contribution in [1.29, 1.82) is 5.26 Å². The zero-order valence-electron chi connectivity index (χ0n) is 12.0. The van der Waals surface area contributed by atoms with Crippen LogP contribution in [-0.4, -0.2) is 13.7 Å². The second kappa shape index (κ2) is 7.20. The number of nitriles is 1. The van der Waals surface area contributed by atoms with Crippen molar-refractivity contribution in [3.05, 3.63) is 53.6 Å². The average molecular weight is 282 g/mol. The Morgan fingerprint density at radius 2 is 1.81 bits per heavy atom. The summed E-state index contributed by atoms with van der Waals surface area (Å²) in [5.41, 5.74) is 8.19. The molecule has 2 rings (SSSR count). The largest absolute Gasteiger partial charge is 0.497 e. The third-order valence-corrected chi connectivity index (χ3v) is 3.10. The Bertz CT molecular complexity index is 630. The Labute approximate surface area is 124 Å². The van der Waals surface area contributed by atoms with Crippen molar-refractivity contribution in [2.24, 2.45) is 0 Å². The third kappa shape index (κ3) is 4.43. The number of methoxy groups -OCH3 is 1. The number of rotatable bonds is 6. The first-order valence-corrected chi connectivity index (χ1v) is 6.77. The lowest BCUT2D eigenvalue weighted by molar-refractivity contribution is 0.308. The lowest BCUT2D eigenvalue weighted by atomic mass is 10.1. The molecule has 0 aliphatic rings. The van der Waals surface area contributed by atoms with Crippen LogP contribution in [0.15, 0.2) is 42.5 Å². The summed E-state index contributed by atoms with van der Waals surface area (Å²) in [4.78, 5) is 0. The Kier molecular flexibility index (Phi) is 5.05. The van der Waals surface area contributed by atoms with Gasteiger partial charge in [-0.2, -0.15) is 5.26 Å². The highest BCUT2D eigenvalue weighted by atomic mass is 16.5. The lowest BCUT2D eigenvalue weighted by Gasteiger charge is -2.08. The fraction of sp³-hybridized carbons (Fsp3) is 0.235. The second-order valence-electron chi connectivity index (χ2n) is 4.70. The van der Waals surface area contributed by atoms with E-state index in [2.05, 4.69) is 6.07 Å². The van der Waals surface area contributed by atoms with Gasteiger partial charge in [0.25, 0.3) is 0 Å². The smallest absolute Gasteiger partial charge is 0.124 e. The van der Waals surface area contributed by atoms with Crippen LogP contribution >= 0.6 is 0 Å².